The van der Waals surface area contributed by atoms with E-state index in [9.17, 15) is 9.59 Å². The number of carbonyl (C=O) groups excluding carboxylic acids is 1. The van der Waals surface area contributed by atoms with Crippen molar-refractivity contribution in [3.63, 3.8) is 0 Å². The van der Waals surface area contributed by atoms with Crippen LogP contribution in [0.25, 0.3) is 10.8 Å². The Bertz CT molecular complexity index is 756. The summed E-state index contributed by atoms with van der Waals surface area (Å²) in [6, 6.07) is 11.8. The Balaban J connectivity index is 1.65. The molecular formula is C18H19NO4. The largest absolute Gasteiger partial charge is 0.497 e. The highest BCUT2D eigenvalue weighted by Crippen LogP contribution is 2.34. The molecule has 0 aliphatic heterocycles. The molecule has 1 fully saturated rings. The van der Waals surface area contributed by atoms with Crippen LogP contribution in [-0.2, 0) is 16.1 Å². The third-order valence-corrected chi connectivity index (χ3v) is 4.51. The molecule has 2 N–H and O–H groups in total. The molecule has 2 aromatic rings. The van der Waals surface area contributed by atoms with Crippen LogP contribution in [0.15, 0.2) is 36.4 Å². The van der Waals surface area contributed by atoms with Crippen LogP contribution in [-0.4, -0.2) is 24.1 Å². The van der Waals surface area contributed by atoms with Crippen molar-refractivity contribution in [2.24, 2.45) is 11.8 Å². The molecule has 2 unspecified atom stereocenters. The van der Waals surface area contributed by atoms with Gasteiger partial charge < -0.3 is 15.2 Å². The van der Waals surface area contributed by atoms with Crippen molar-refractivity contribution < 1.29 is 19.4 Å². The van der Waals surface area contributed by atoms with E-state index in [4.69, 9.17) is 9.84 Å². The highest BCUT2D eigenvalue weighted by atomic mass is 16.5. The summed E-state index contributed by atoms with van der Waals surface area (Å²) in [4.78, 5) is 23.0. The molecule has 23 heavy (non-hydrogen) atoms. The average molecular weight is 313 g/mol. The van der Waals surface area contributed by atoms with Crippen LogP contribution in [0.2, 0.25) is 0 Å². The number of aliphatic carboxylic acids is 1. The molecule has 0 heterocycles. The molecule has 1 saturated carbocycles. The van der Waals surface area contributed by atoms with E-state index in [-0.39, 0.29) is 5.91 Å². The van der Waals surface area contributed by atoms with E-state index >= 15 is 0 Å². The molecule has 2 atom stereocenters. The van der Waals surface area contributed by atoms with Gasteiger partial charge in [0.15, 0.2) is 0 Å². The minimum Gasteiger partial charge on any atom is -0.497 e. The molecule has 1 aliphatic carbocycles. The summed E-state index contributed by atoms with van der Waals surface area (Å²) in [5.41, 5.74) is 0.988. The molecule has 3 rings (SSSR count). The SMILES string of the molecule is COc1ccc2cc(CNC(=O)C3CCC3C(=O)O)ccc2c1. The van der Waals surface area contributed by atoms with E-state index in [2.05, 4.69) is 5.32 Å². The number of ether oxygens (including phenoxy) is 1. The summed E-state index contributed by atoms with van der Waals surface area (Å²) in [5.74, 6) is -1.16. The van der Waals surface area contributed by atoms with Gasteiger partial charge in [-0.2, -0.15) is 0 Å². The van der Waals surface area contributed by atoms with Gasteiger partial charge in [-0.1, -0.05) is 18.2 Å². The number of rotatable bonds is 5. The maximum absolute atomic E-state index is 12.1. The van der Waals surface area contributed by atoms with Gasteiger partial charge in [0.05, 0.1) is 18.9 Å². The van der Waals surface area contributed by atoms with E-state index in [0.29, 0.717) is 19.4 Å². The first-order chi connectivity index (χ1) is 11.1. The zero-order valence-corrected chi connectivity index (χ0v) is 12.9. The van der Waals surface area contributed by atoms with Crippen LogP contribution in [0, 0.1) is 11.8 Å². The number of carboxylic acids is 1. The fraction of sp³-hybridized carbons (Fsp3) is 0.333. The predicted molar refractivity (Wildman–Crippen MR) is 86.2 cm³/mol. The summed E-state index contributed by atoms with van der Waals surface area (Å²) >= 11 is 0. The summed E-state index contributed by atoms with van der Waals surface area (Å²) in [6.45, 7) is 0.406. The van der Waals surface area contributed by atoms with Crippen LogP contribution in [0.5, 0.6) is 5.75 Å². The fourth-order valence-corrected chi connectivity index (χ4v) is 2.94. The summed E-state index contributed by atoms with van der Waals surface area (Å²) in [5, 5.41) is 14.0. The Morgan fingerprint density at radius 3 is 2.48 bits per heavy atom. The Hall–Kier alpha value is -2.56. The lowest BCUT2D eigenvalue weighted by molar-refractivity contribution is -0.152. The van der Waals surface area contributed by atoms with Gasteiger partial charge in [-0.15, -0.1) is 0 Å². The van der Waals surface area contributed by atoms with Gasteiger partial charge in [-0.3, -0.25) is 9.59 Å². The van der Waals surface area contributed by atoms with Crippen molar-refractivity contribution in [1.29, 1.82) is 0 Å². The Morgan fingerprint density at radius 2 is 1.83 bits per heavy atom. The number of hydrogen-bond acceptors (Lipinski definition) is 3. The molecule has 1 amide bonds. The fourth-order valence-electron chi connectivity index (χ4n) is 2.94. The monoisotopic (exact) mass is 313 g/mol. The summed E-state index contributed by atoms with van der Waals surface area (Å²) in [7, 11) is 1.63. The number of benzene rings is 2. The lowest BCUT2D eigenvalue weighted by atomic mass is 9.73. The van der Waals surface area contributed by atoms with E-state index in [1.54, 1.807) is 7.11 Å². The van der Waals surface area contributed by atoms with Gasteiger partial charge in [-0.25, -0.2) is 0 Å². The molecule has 5 nitrogen and oxygen atoms in total. The number of hydrogen-bond donors (Lipinski definition) is 2. The zero-order chi connectivity index (χ0) is 16.4. The van der Waals surface area contributed by atoms with Crippen molar-refractivity contribution in [3.05, 3.63) is 42.0 Å². The van der Waals surface area contributed by atoms with Crippen molar-refractivity contribution in [2.45, 2.75) is 19.4 Å². The molecule has 0 saturated heterocycles. The third-order valence-electron chi connectivity index (χ3n) is 4.51. The molecule has 5 heteroatoms. The lowest BCUT2D eigenvalue weighted by Gasteiger charge is -2.31. The van der Waals surface area contributed by atoms with Crippen molar-refractivity contribution in [1.82, 2.24) is 5.32 Å². The number of fused-ring (bicyclic) bond motifs is 1. The minimum absolute atomic E-state index is 0.168. The van der Waals surface area contributed by atoms with Gasteiger partial charge in [-0.05, 0) is 47.4 Å². The van der Waals surface area contributed by atoms with Crippen LogP contribution in [0.3, 0.4) is 0 Å². The Labute approximate surface area is 134 Å². The van der Waals surface area contributed by atoms with Crippen molar-refractivity contribution in [3.8, 4) is 5.75 Å². The normalized spacial score (nSPS) is 19.9. The quantitative estimate of drug-likeness (QED) is 0.889. The van der Waals surface area contributed by atoms with Crippen LogP contribution >= 0.6 is 0 Å². The maximum Gasteiger partial charge on any atom is 0.307 e. The van der Waals surface area contributed by atoms with Crippen molar-refractivity contribution in [2.75, 3.05) is 7.11 Å². The van der Waals surface area contributed by atoms with Gasteiger partial charge >= 0.3 is 5.97 Å². The first-order valence-electron chi connectivity index (χ1n) is 7.65. The second-order valence-electron chi connectivity index (χ2n) is 5.89. The smallest absolute Gasteiger partial charge is 0.307 e. The van der Waals surface area contributed by atoms with E-state index < -0.39 is 17.8 Å². The molecule has 0 spiro atoms. The number of carboxylic acid groups (broad SMARTS) is 1. The van der Waals surface area contributed by atoms with Crippen LogP contribution in [0.1, 0.15) is 18.4 Å². The first kappa shape index (κ1) is 15.3. The average Bonchev–Trinajstić information content (AvgIpc) is 2.50. The first-order valence-corrected chi connectivity index (χ1v) is 7.65. The standard InChI is InChI=1S/C18H19NO4/c1-23-14-5-4-12-8-11(2-3-13(12)9-14)10-19-17(20)15-6-7-16(15)18(21)22/h2-5,8-9,15-16H,6-7,10H2,1H3,(H,19,20)(H,21,22). The van der Waals surface area contributed by atoms with E-state index in [1.165, 1.54) is 0 Å². The maximum atomic E-state index is 12.1. The van der Waals surface area contributed by atoms with Gasteiger partial charge in [0.1, 0.15) is 5.75 Å². The number of amides is 1. The molecule has 120 valence electrons. The summed E-state index contributed by atoms with van der Waals surface area (Å²) < 4.78 is 5.20. The molecular weight excluding hydrogens is 294 g/mol. The topological polar surface area (TPSA) is 75.6 Å². The Morgan fingerprint density at radius 1 is 1.13 bits per heavy atom. The van der Waals surface area contributed by atoms with Gasteiger partial charge in [0.25, 0.3) is 0 Å². The number of nitrogens with one attached hydrogen (secondary N) is 1. The van der Waals surface area contributed by atoms with Crippen LogP contribution in [0.4, 0.5) is 0 Å². The van der Waals surface area contributed by atoms with Crippen molar-refractivity contribution >= 4 is 22.6 Å². The Kier molecular flexibility index (Phi) is 4.19. The predicted octanol–water partition coefficient (Wildman–Crippen LogP) is 2.58. The molecule has 1 aliphatic rings. The highest BCUT2D eigenvalue weighted by molar-refractivity contribution is 5.87. The van der Waals surface area contributed by atoms with Crippen LogP contribution < -0.4 is 10.1 Å². The van der Waals surface area contributed by atoms with E-state index in [1.807, 2.05) is 36.4 Å². The zero-order valence-electron chi connectivity index (χ0n) is 12.9. The molecule has 0 bridgehead atoms. The van der Waals surface area contributed by atoms with Gasteiger partial charge in [0.2, 0.25) is 5.91 Å². The second-order valence-corrected chi connectivity index (χ2v) is 5.89. The van der Waals surface area contributed by atoms with Gasteiger partial charge in [0, 0.05) is 6.54 Å². The van der Waals surface area contributed by atoms with E-state index in [0.717, 1.165) is 22.1 Å². The number of methoxy groups -OCH3 is 1. The second kappa shape index (κ2) is 6.28. The lowest BCUT2D eigenvalue weighted by Crippen LogP contribution is -2.43. The highest BCUT2D eigenvalue weighted by Gasteiger charge is 2.41. The minimum atomic E-state index is -0.879. The number of carbonyl (C=O) groups is 2. The molecule has 0 radical (unpaired) electrons. The molecule has 0 aromatic heterocycles. The third kappa shape index (κ3) is 3.13. The molecule has 2 aromatic carbocycles. The summed E-state index contributed by atoms with van der Waals surface area (Å²) in [6.07, 6.45) is 1.24.